The van der Waals surface area contributed by atoms with Crippen molar-refractivity contribution < 1.29 is 23.9 Å². The zero-order valence-corrected chi connectivity index (χ0v) is 15.4. The highest BCUT2D eigenvalue weighted by atomic mass is 16.6. The van der Waals surface area contributed by atoms with Crippen LogP contribution in [0.2, 0.25) is 0 Å². The second-order valence-corrected chi connectivity index (χ2v) is 6.00. The van der Waals surface area contributed by atoms with Crippen LogP contribution in [0, 0.1) is 13.8 Å². The number of anilines is 1. The first kappa shape index (κ1) is 20.0. The van der Waals surface area contributed by atoms with Crippen LogP contribution in [0.25, 0.3) is 0 Å². The molecule has 27 heavy (non-hydrogen) atoms. The smallest absolute Gasteiger partial charge is 0.347 e. The van der Waals surface area contributed by atoms with Crippen LogP contribution in [-0.4, -0.2) is 30.6 Å². The number of amides is 3. The van der Waals surface area contributed by atoms with Gasteiger partial charge in [-0.2, -0.15) is 0 Å². The van der Waals surface area contributed by atoms with Crippen LogP contribution in [-0.2, 0) is 14.3 Å². The maximum absolute atomic E-state index is 11.9. The number of carbonyl (C=O) groups is 3. The monoisotopic (exact) mass is 370 g/mol. The lowest BCUT2D eigenvalue weighted by Gasteiger charge is -2.14. The minimum Gasteiger partial charge on any atom is -0.479 e. The summed E-state index contributed by atoms with van der Waals surface area (Å²) in [4.78, 5) is 35.5. The van der Waals surface area contributed by atoms with Crippen molar-refractivity contribution in [2.75, 3.05) is 11.9 Å². The number of aryl methyl sites for hydroxylation is 2. The highest BCUT2D eigenvalue weighted by Crippen LogP contribution is 2.15. The number of ether oxygens (including phenoxy) is 2. The predicted octanol–water partition coefficient (Wildman–Crippen LogP) is 2.96. The number of urea groups is 1. The zero-order valence-electron chi connectivity index (χ0n) is 15.4. The minimum atomic E-state index is -0.885. The Morgan fingerprint density at radius 2 is 1.74 bits per heavy atom. The molecular formula is C20H22N2O5. The van der Waals surface area contributed by atoms with Crippen molar-refractivity contribution in [3.8, 4) is 5.75 Å². The minimum absolute atomic E-state index is 0.513. The van der Waals surface area contributed by atoms with Crippen molar-refractivity contribution in [2.24, 2.45) is 0 Å². The lowest BCUT2D eigenvalue weighted by atomic mass is 10.1. The standard InChI is InChI=1S/C20H22N2O5/c1-13-9-10-17(14(2)11-13)21-20(25)22-18(23)12-26-19(24)15(3)27-16-7-5-4-6-8-16/h4-11,15H,12H2,1-3H3,(H2,21,22,23,25)/t15-/m1/s1. The van der Waals surface area contributed by atoms with Gasteiger partial charge in [-0.1, -0.05) is 35.9 Å². The number of benzene rings is 2. The van der Waals surface area contributed by atoms with Crippen molar-refractivity contribution in [3.63, 3.8) is 0 Å². The fraction of sp³-hybridized carbons (Fsp3) is 0.250. The van der Waals surface area contributed by atoms with E-state index in [4.69, 9.17) is 9.47 Å². The summed E-state index contributed by atoms with van der Waals surface area (Å²) in [6, 6.07) is 13.6. The van der Waals surface area contributed by atoms with Crippen LogP contribution in [0.5, 0.6) is 5.75 Å². The molecule has 0 saturated carbocycles. The molecule has 2 aromatic rings. The second kappa shape index (κ2) is 9.38. The van der Waals surface area contributed by atoms with Gasteiger partial charge in [0.1, 0.15) is 5.75 Å². The summed E-state index contributed by atoms with van der Waals surface area (Å²) in [6.07, 6.45) is -0.885. The third-order valence-corrected chi connectivity index (χ3v) is 3.62. The van der Waals surface area contributed by atoms with Gasteiger partial charge in [0.25, 0.3) is 5.91 Å². The van der Waals surface area contributed by atoms with E-state index in [1.807, 2.05) is 32.0 Å². The molecule has 2 aromatic carbocycles. The maximum atomic E-state index is 11.9. The molecule has 0 aromatic heterocycles. The van der Waals surface area contributed by atoms with E-state index in [0.29, 0.717) is 11.4 Å². The van der Waals surface area contributed by atoms with E-state index in [1.54, 1.807) is 30.3 Å². The maximum Gasteiger partial charge on any atom is 0.347 e. The first-order chi connectivity index (χ1) is 12.8. The lowest BCUT2D eigenvalue weighted by molar-refractivity contribution is -0.154. The van der Waals surface area contributed by atoms with Crippen molar-refractivity contribution in [1.29, 1.82) is 0 Å². The Kier molecular flexibility index (Phi) is 6.93. The molecule has 0 saturated heterocycles. The number of hydrogen-bond donors (Lipinski definition) is 2. The van der Waals surface area contributed by atoms with E-state index in [2.05, 4.69) is 10.6 Å². The van der Waals surface area contributed by atoms with Crippen LogP contribution < -0.4 is 15.4 Å². The summed E-state index contributed by atoms with van der Waals surface area (Å²) < 4.78 is 10.3. The summed E-state index contributed by atoms with van der Waals surface area (Å²) in [6.45, 7) is 4.72. The Bertz CT molecular complexity index is 820. The first-order valence-electron chi connectivity index (χ1n) is 8.41. The summed E-state index contributed by atoms with van der Waals surface area (Å²) >= 11 is 0. The number of rotatable bonds is 6. The molecule has 0 fully saturated rings. The molecule has 0 unspecified atom stereocenters. The topological polar surface area (TPSA) is 93.7 Å². The number of hydrogen-bond acceptors (Lipinski definition) is 5. The number of carbonyl (C=O) groups excluding carboxylic acids is 3. The van der Waals surface area contributed by atoms with Crippen LogP contribution in [0.1, 0.15) is 18.1 Å². The van der Waals surface area contributed by atoms with E-state index >= 15 is 0 Å². The van der Waals surface area contributed by atoms with E-state index in [0.717, 1.165) is 11.1 Å². The largest absolute Gasteiger partial charge is 0.479 e. The lowest BCUT2D eigenvalue weighted by Crippen LogP contribution is -2.38. The van der Waals surface area contributed by atoms with Gasteiger partial charge >= 0.3 is 12.0 Å². The molecule has 2 rings (SSSR count). The Morgan fingerprint density at radius 1 is 1.04 bits per heavy atom. The number of nitrogens with one attached hydrogen (secondary N) is 2. The molecule has 1 atom stereocenters. The van der Waals surface area contributed by atoms with Gasteiger partial charge < -0.3 is 14.8 Å². The van der Waals surface area contributed by atoms with Crippen LogP contribution in [0.15, 0.2) is 48.5 Å². The Hall–Kier alpha value is -3.35. The normalized spacial score (nSPS) is 11.2. The SMILES string of the molecule is Cc1ccc(NC(=O)NC(=O)COC(=O)[C@@H](C)Oc2ccccc2)c(C)c1. The number of imide groups is 1. The summed E-state index contributed by atoms with van der Waals surface area (Å²) in [5, 5.41) is 4.68. The number of para-hydroxylation sites is 1. The molecule has 142 valence electrons. The van der Waals surface area contributed by atoms with Gasteiger partial charge in [0.2, 0.25) is 0 Å². The van der Waals surface area contributed by atoms with Crippen molar-refractivity contribution in [3.05, 3.63) is 59.7 Å². The zero-order chi connectivity index (χ0) is 19.8. The van der Waals surface area contributed by atoms with Gasteiger partial charge in [0, 0.05) is 5.69 Å². The van der Waals surface area contributed by atoms with E-state index < -0.39 is 30.6 Å². The molecule has 0 spiro atoms. The van der Waals surface area contributed by atoms with E-state index in [-0.39, 0.29) is 0 Å². The fourth-order valence-corrected chi connectivity index (χ4v) is 2.28. The molecule has 2 N–H and O–H groups in total. The molecule has 7 nitrogen and oxygen atoms in total. The second-order valence-electron chi connectivity index (χ2n) is 6.00. The van der Waals surface area contributed by atoms with Gasteiger partial charge in [-0.05, 0) is 44.5 Å². The highest BCUT2D eigenvalue weighted by molar-refractivity contribution is 6.02. The average molecular weight is 370 g/mol. The highest BCUT2D eigenvalue weighted by Gasteiger charge is 2.18. The molecular weight excluding hydrogens is 348 g/mol. The molecule has 0 aliphatic rings. The molecule has 7 heteroatoms. The van der Waals surface area contributed by atoms with Gasteiger partial charge in [0.05, 0.1) is 0 Å². The van der Waals surface area contributed by atoms with Gasteiger partial charge in [-0.15, -0.1) is 0 Å². The van der Waals surface area contributed by atoms with E-state index in [1.165, 1.54) is 6.92 Å². The molecule has 0 aliphatic heterocycles. The van der Waals surface area contributed by atoms with Crippen LogP contribution in [0.3, 0.4) is 0 Å². The third kappa shape index (κ3) is 6.47. The van der Waals surface area contributed by atoms with Crippen LogP contribution >= 0.6 is 0 Å². The Morgan fingerprint density at radius 3 is 2.41 bits per heavy atom. The van der Waals surface area contributed by atoms with Gasteiger partial charge in [0.15, 0.2) is 12.7 Å². The molecule has 0 heterocycles. The fourth-order valence-electron chi connectivity index (χ4n) is 2.28. The molecule has 0 radical (unpaired) electrons. The van der Waals surface area contributed by atoms with Crippen molar-refractivity contribution in [1.82, 2.24) is 5.32 Å². The van der Waals surface area contributed by atoms with Gasteiger partial charge in [-0.3, -0.25) is 10.1 Å². The summed E-state index contributed by atoms with van der Waals surface area (Å²) in [5.41, 5.74) is 2.52. The first-order valence-corrected chi connectivity index (χ1v) is 8.41. The molecule has 3 amide bonds. The predicted molar refractivity (Wildman–Crippen MR) is 101 cm³/mol. The molecule has 0 bridgehead atoms. The number of esters is 1. The molecule has 0 aliphatic carbocycles. The summed E-state index contributed by atoms with van der Waals surface area (Å²) in [5.74, 6) is -0.930. The Labute approximate surface area is 157 Å². The summed E-state index contributed by atoms with van der Waals surface area (Å²) in [7, 11) is 0. The van der Waals surface area contributed by atoms with Crippen molar-refractivity contribution >= 4 is 23.6 Å². The quantitative estimate of drug-likeness (QED) is 0.763. The van der Waals surface area contributed by atoms with E-state index in [9.17, 15) is 14.4 Å². The average Bonchev–Trinajstić information content (AvgIpc) is 2.62. The third-order valence-electron chi connectivity index (χ3n) is 3.62. The van der Waals surface area contributed by atoms with Crippen LogP contribution in [0.4, 0.5) is 10.5 Å². The van der Waals surface area contributed by atoms with Gasteiger partial charge in [-0.25, -0.2) is 9.59 Å². The van der Waals surface area contributed by atoms with Crippen molar-refractivity contribution in [2.45, 2.75) is 26.9 Å². The Balaban J connectivity index is 1.76.